The van der Waals surface area contributed by atoms with Crippen LogP contribution in [0.4, 0.5) is 0 Å². The molecule has 2 aromatic rings. The smallest absolute Gasteiger partial charge is 0.194 e. The molecule has 2 aromatic carbocycles. The molecule has 3 rings (SSSR count). The van der Waals surface area contributed by atoms with Gasteiger partial charge in [0.1, 0.15) is 11.9 Å². The molecule has 1 fully saturated rings. The summed E-state index contributed by atoms with van der Waals surface area (Å²) in [6.45, 7) is 5.16. The van der Waals surface area contributed by atoms with Gasteiger partial charge < -0.3 is 19.7 Å². The molecular formula is C21H27N3O2. The predicted molar refractivity (Wildman–Crippen MR) is 105 cm³/mol. The van der Waals surface area contributed by atoms with Crippen LogP contribution in [0.5, 0.6) is 5.75 Å². The molecule has 1 heterocycles. The van der Waals surface area contributed by atoms with Crippen molar-refractivity contribution < 1.29 is 9.47 Å². The molecule has 26 heavy (non-hydrogen) atoms. The highest BCUT2D eigenvalue weighted by atomic mass is 16.5. The summed E-state index contributed by atoms with van der Waals surface area (Å²) in [5, 5.41) is 3.46. The number of hydrogen-bond donors (Lipinski definition) is 1. The maximum Gasteiger partial charge on any atom is 0.194 e. The van der Waals surface area contributed by atoms with E-state index in [1.165, 1.54) is 11.1 Å². The maximum absolute atomic E-state index is 6.02. The van der Waals surface area contributed by atoms with Gasteiger partial charge in [-0.2, -0.15) is 0 Å². The van der Waals surface area contributed by atoms with Crippen molar-refractivity contribution in [3.8, 4) is 5.75 Å². The van der Waals surface area contributed by atoms with Gasteiger partial charge in [0.15, 0.2) is 5.96 Å². The van der Waals surface area contributed by atoms with E-state index in [0.717, 1.165) is 30.4 Å². The zero-order chi connectivity index (χ0) is 18.4. The third-order valence-corrected chi connectivity index (χ3v) is 4.70. The van der Waals surface area contributed by atoms with Crippen molar-refractivity contribution >= 4 is 5.96 Å². The minimum atomic E-state index is 0.0697. The fourth-order valence-corrected chi connectivity index (χ4v) is 3.27. The number of aryl methyl sites for hydroxylation is 1. The Morgan fingerprint density at radius 2 is 2.12 bits per heavy atom. The summed E-state index contributed by atoms with van der Waals surface area (Å²) in [6.07, 6.45) is 0.0697. The summed E-state index contributed by atoms with van der Waals surface area (Å²) in [6, 6.07) is 16.5. The molecule has 0 saturated carbocycles. The summed E-state index contributed by atoms with van der Waals surface area (Å²) >= 11 is 0. The first-order valence-electron chi connectivity index (χ1n) is 8.97. The fourth-order valence-electron chi connectivity index (χ4n) is 3.27. The van der Waals surface area contributed by atoms with Crippen molar-refractivity contribution in [2.24, 2.45) is 4.99 Å². The van der Waals surface area contributed by atoms with Gasteiger partial charge in [0.05, 0.1) is 20.3 Å². The average Bonchev–Trinajstić information content (AvgIpc) is 2.69. The first-order chi connectivity index (χ1) is 12.7. The van der Waals surface area contributed by atoms with Crippen LogP contribution >= 0.6 is 0 Å². The van der Waals surface area contributed by atoms with Crippen LogP contribution in [0, 0.1) is 6.92 Å². The lowest BCUT2D eigenvalue weighted by molar-refractivity contribution is -0.00833. The number of nitrogens with zero attached hydrogens (tertiary/aromatic N) is 2. The molecule has 1 saturated heterocycles. The first kappa shape index (κ1) is 18.3. The molecule has 0 aromatic heterocycles. The maximum atomic E-state index is 6.02. The Morgan fingerprint density at radius 3 is 2.88 bits per heavy atom. The zero-order valence-electron chi connectivity index (χ0n) is 15.7. The van der Waals surface area contributed by atoms with Gasteiger partial charge in [-0.15, -0.1) is 0 Å². The van der Waals surface area contributed by atoms with E-state index in [9.17, 15) is 0 Å². The Labute approximate surface area is 155 Å². The Morgan fingerprint density at radius 1 is 1.27 bits per heavy atom. The van der Waals surface area contributed by atoms with E-state index in [0.29, 0.717) is 13.2 Å². The van der Waals surface area contributed by atoms with Crippen molar-refractivity contribution in [1.29, 1.82) is 0 Å². The number of nitrogens with one attached hydrogen (secondary N) is 1. The van der Waals surface area contributed by atoms with Crippen LogP contribution in [0.15, 0.2) is 53.5 Å². The number of rotatable bonds is 4. The first-order valence-corrected chi connectivity index (χ1v) is 8.97. The summed E-state index contributed by atoms with van der Waals surface area (Å²) < 4.78 is 11.3. The van der Waals surface area contributed by atoms with E-state index >= 15 is 0 Å². The summed E-state index contributed by atoms with van der Waals surface area (Å²) in [5.41, 5.74) is 3.67. The standard InChI is InChI=1S/C21H27N3O2/c1-16-7-4-5-10-19(16)20-15-24(11-12-26-20)21(22-2)23-14-17-8-6-9-18(13-17)25-3/h4-10,13,20H,11-12,14-15H2,1-3H3,(H,22,23). The highest BCUT2D eigenvalue weighted by Gasteiger charge is 2.25. The molecule has 0 bridgehead atoms. The van der Waals surface area contributed by atoms with Crippen LogP contribution in [0.1, 0.15) is 22.8 Å². The number of guanidine groups is 1. The lowest BCUT2D eigenvalue weighted by atomic mass is 10.0. The number of morpholine rings is 1. The van der Waals surface area contributed by atoms with Gasteiger partial charge in [0.25, 0.3) is 0 Å². The van der Waals surface area contributed by atoms with Gasteiger partial charge in [-0.3, -0.25) is 4.99 Å². The molecule has 138 valence electrons. The van der Waals surface area contributed by atoms with Gasteiger partial charge in [0, 0.05) is 20.1 Å². The second kappa shape index (κ2) is 8.72. The quantitative estimate of drug-likeness (QED) is 0.677. The normalized spacial score (nSPS) is 17.9. The molecule has 0 radical (unpaired) electrons. The zero-order valence-corrected chi connectivity index (χ0v) is 15.7. The molecule has 1 atom stereocenters. The average molecular weight is 353 g/mol. The molecule has 0 spiro atoms. The van der Waals surface area contributed by atoms with Crippen LogP contribution < -0.4 is 10.1 Å². The van der Waals surface area contributed by atoms with Crippen LogP contribution in [0.25, 0.3) is 0 Å². The molecule has 5 nitrogen and oxygen atoms in total. The number of aliphatic imine (C=N–C) groups is 1. The second-order valence-corrected chi connectivity index (χ2v) is 6.41. The van der Waals surface area contributed by atoms with E-state index in [2.05, 4.69) is 52.5 Å². The SMILES string of the molecule is CN=C(NCc1cccc(OC)c1)N1CCOC(c2ccccc2C)C1. The molecular weight excluding hydrogens is 326 g/mol. The molecule has 1 N–H and O–H groups in total. The van der Waals surface area contributed by atoms with Crippen molar-refractivity contribution in [2.45, 2.75) is 19.6 Å². The Bertz CT molecular complexity index is 760. The van der Waals surface area contributed by atoms with Gasteiger partial charge >= 0.3 is 0 Å². The van der Waals surface area contributed by atoms with Crippen molar-refractivity contribution in [3.05, 3.63) is 65.2 Å². The molecule has 1 aliphatic heterocycles. The second-order valence-electron chi connectivity index (χ2n) is 6.41. The topological polar surface area (TPSA) is 46.1 Å². The largest absolute Gasteiger partial charge is 0.497 e. The van der Waals surface area contributed by atoms with E-state index in [-0.39, 0.29) is 6.10 Å². The highest BCUT2D eigenvalue weighted by molar-refractivity contribution is 5.80. The van der Waals surface area contributed by atoms with Gasteiger partial charge in [-0.1, -0.05) is 36.4 Å². The number of hydrogen-bond acceptors (Lipinski definition) is 3. The fraction of sp³-hybridized carbons (Fsp3) is 0.381. The van der Waals surface area contributed by atoms with Crippen LogP contribution in [0.3, 0.4) is 0 Å². The molecule has 1 unspecified atom stereocenters. The Kier molecular flexibility index (Phi) is 6.12. The number of methoxy groups -OCH3 is 1. The van der Waals surface area contributed by atoms with E-state index < -0.39 is 0 Å². The lowest BCUT2D eigenvalue weighted by Gasteiger charge is -2.35. The van der Waals surface area contributed by atoms with Crippen molar-refractivity contribution in [3.63, 3.8) is 0 Å². The molecule has 1 aliphatic rings. The van der Waals surface area contributed by atoms with E-state index in [4.69, 9.17) is 9.47 Å². The molecule has 0 aliphatic carbocycles. The third kappa shape index (κ3) is 4.35. The van der Waals surface area contributed by atoms with Crippen LogP contribution in [-0.2, 0) is 11.3 Å². The van der Waals surface area contributed by atoms with Gasteiger partial charge in [-0.25, -0.2) is 0 Å². The van der Waals surface area contributed by atoms with Crippen LogP contribution in [0.2, 0.25) is 0 Å². The van der Waals surface area contributed by atoms with E-state index in [1.54, 1.807) is 7.11 Å². The summed E-state index contributed by atoms with van der Waals surface area (Å²) in [7, 11) is 3.51. The van der Waals surface area contributed by atoms with E-state index in [1.807, 2.05) is 25.2 Å². The van der Waals surface area contributed by atoms with Crippen molar-refractivity contribution in [2.75, 3.05) is 33.9 Å². The van der Waals surface area contributed by atoms with Crippen molar-refractivity contribution in [1.82, 2.24) is 10.2 Å². The number of ether oxygens (including phenoxy) is 2. The van der Waals surface area contributed by atoms with Gasteiger partial charge in [-0.05, 0) is 35.7 Å². The summed E-state index contributed by atoms with van der Waals surface area (Å²) in [4.78, 5) is 6.73. The predicted octanol–water partition coefficient (Wildman–Crippen LogP) is 3.15. The summed E-state index contributed by atoms with van der Waals surface area (Å²) in [5.74, 6) is 1.76. The third-order valence-electron chi connectivity index (χ3n) is 4.70. The highest BCUT2D eigenvalue weighted by Crippen LogP contribution is 2.25. The molecule has 5 heteroatoms. The Hall–Kier alpha value is -2.53. The number of benzene rings is 2. The minimum absolute atomic E-state index is 0.0697. The minimum Gasteiger partial charge on any atom is -0.497 e. The monoisotopic (exact) mass is 353 g/mol. The van der Waals surface area contributed by atoms with Gasteiger partial charge in [0.2, 0.25) is 0 Å². The lowest BCUT2D eigenvalue weighted by Crippen LogP contribution is -2.48. The molecule has 0 amide bonds. The van der Waals surface area contributed by atoms with Crippen LogP contribution in [-0.4, -0.2) is 44.7 Å². The Balaban J connectivity index is 1.65.